The van der Waals surface area contributed by atoms with Crippen molar-refractivity contribution in [2.24, 2.45) is 5.92 Å². The van der Waals surface area contributed by atoms with Crippen LogP contribution in [0.25, 0.3) is 0 Å². The standard InChI is InChI=1S/C13H17NO5S/c1-7(2)12(8(3)15)14-10(16)6-20-11-5-4-9(19-11)13(17)18/h4-5,7,12H,6H2,1-3H3,(H,14,16)(H,17,18). The Morgan fingerprint density at radius 1 is 1.35 bits per heavy atom. The first-order chi connectivity index (χ1) is 9.31. The van der Waals surface area contributed by atoms with E-state index in [2.05, 4.69) is 5.32 Å². The molecule has 6 nitrogen and oxygen atoms in total. The number of carboxylic acid groups (broad SMARTS) is 1. The second-order valence-corrected chi connectivity index (χ2v) is 5.59. The number of thioether (sulfide) groups is 1. The minimum Gasteiger partial charge on any atom is -0.475 e. The molecule has 0 spiro atoms. The SMILES string of the molecule is CC(=O)C(NC(=O)CSc1ccc(C(=O)O)o1)C(C)C. The van der Waals surface area contributed by atoms with Gasteiger partial charge in [0, 0.05) is 0 Å². The van der Waals surface area contributed by atoms with Crippen LogP contribution in [-0.4, -0.2) is 34.6 Å². The van der Waals surface area contributed by atoms with Crippen molar-refractivity contribution >= 4 is 29.4 Å². The highest BCUT2D eigenvalue weighted by molar-refractivity contribution is 7.99. The molecule has 110 valence electrons. The summed E-state index contributed by atoms with van der Waals surface area (Å²) >= 11 is 1.08. The number of carbonyl (C=O) groups excluding carboxylic acids is 2. The Labute approximate surface area is 120 Å². The lowest BCUT2D eigenvalue weighted by molar-refractivity contribution is -0.126. The number of ketones is 1. The van der Waals surface area contributed by atoms with E-state index >= 15 is 0 Å². The Hall–Kier alpha value is -1.76. The average molecular weight is 299 g/mol. The Morgan fingerprint density at radius 3 is 2.45 bits per heavy atom. The Bertz CT molecular complexity index is 509. The van der Waals surface area contributed by atoms with Crippen LogP contribution < -0.4 is 5.32 Å². The quantitative estimate of drug-likeness (QED) is 0.745. The van der Waals surface area contributed by atoms with E-state index in [0.29, 0.717) is 5.09 Å². The topological polar surface area (TPSA) is 96.6 Å². The highest BCUT2D eigenvalue weighted by Crippen LogP contribution is 2.20. The van der Waals surface area contributed by atoms with E-state index in [9.17, 15) is 14.4 Å². The smallest absolute Gasteiger partial charge is 0.371 e. The van der Waals surface area contributed by atoms with Crippen LogP contribution in [-0.2, 0) is 9.59 Å². The molecule has 1 rings (SSSR count). The fraction of sp³-hybridized carbons (Fsp3) is 0.462. The maximum absolute atomic E-state index is 11.7. The number of furan rings is 1. The van der Waals surface area contributed by atoms with Crippen LogP contribution >= 0.6 is 11.8 Å². The Balaban J connectivity index is 2.50. The number of amides is 1. The molecule has 0 aromatic carbocycles. The summed E-state index contributed by atoms with van der Waals surface area (Å²) in [5, 5.41) is 11.7. The fourth-order valence-electron chi connectivity index (χ4n) is 1.60. The van der Waals surface area contributed by atoms with E-state index in [0.717, 1.165) is 11.8 Å². The third-order valence-electron chi connectivity index (χ3n) is 2.56. The van der Waals surface area contributed by atoms with Crippen molar-refractivity contribution in [2.45, 2.75) is 31.9 Å². The number of nitrogens with one attached hydrogen (secondary N) is 1. The lowest BCUT2D eigenvalue weighted by Crippen LogP contribution is -2.44. The Morgan fingerprint density at radius 2 is 2.00 bits per heavy atom. The lowest BCUT2D eigenvalue weighted by Gasteiger charge is -2.19. The molecule has 0 fully saturated rings. The second kappa shape index (κ2) is 7.14. The van der Waals surface area contributed by atoms with E-state index in [1.54, 1.807) is 0 Å². The molecule has 1 unspecified atom stereocenters. The maximum atomic E-state index is 11.7. The van der Waals surface area contributed by atoms with Crippen molar-refractivity contribution in [3.63, 3.8) is 0 Å². The van der Waals surface area contributed by atoms with E-state index in [1.807, 2.05) is 13.8 Å². The number of aromatic carboxylic acids is 1. The summed E-state index contributed by atoms with van der Waals surface area (Å²) in [4.78, 5) is 33.7. The number of rotatable bonds is 7. The number of Topliss-reactive ketones (excluding diaryl/α,β-unsaturated/α-hetero) is 1. The van der Waals surface area contributed by atoms with Gasteiger partial charge in [-0.25, -0.2) is 4.79 Å². The van der Waals surface area contributed by atoms with Gasteiger partial charge in [0.15, 0.2) is 10.9 Å². The summed E-state index contributed by atoms with van der Waals surface area (Å²) in [6, 6.07) is 2.32. The normalized spacial score (nSPS) is 12.2. The molecule has 7 heteroatoms. The van der Waals surface area contributed by atoms with E-state index in [-0.39, 0.29) is 29.1 Å². The summed E-state index contributed by atoms with van der Waals surface area (Å²) < 4.78 is 5.01. The van der Waals surface area contributed by atoms with Gasteiger partial charge in [0.25, 0.3) is 0 Å². The summed E-state index contributed by atoms with van der Waals surface area (Å²) in [6.07, 6.45) is 0. The van der Waals surface area contributed by atoms with E-state index in [4.69, 9.17) is 9.52 Å². The van der Waals surface area contributed by atoms with E-state index in [1.165, 1.54) is 19.1 Å². The molecule has 1 heterocycles. The summed E-state index contributed by atoms with van der Waals surface area (Å²) in [6.45, 7) is 5.14. The van der Waals surface area contributed by atoms with Gasteiger partial charge in [-0.15, -0.1) is 0 Å². The van der Waals surface area contributed by atoms with Crippen molar-refractivity contribution in [2.75, 3.05) is 5.75 Å². The molecule has 0 bridgehead atoms. The zero-order valence-electron chi connectivity index (χ0n) is 11.5. The Kier molecular flexibility index (Phi) is 5.82. The number of hydrogen-bond donors (Lipinski definition) is 2. The predicted octanol–water partition coefficient (Wildman–Crippen LogP) is 1.80. The zero-order chi connectivity index (χ0) is 15.3. The third-order valence-corrected chi connectivity index (χ3v) is 3.47. The minimum atomic E-state index is -1.15. The van der Waals surface area contributed by atoms with Gasteiger partial charge in [0.1, 0.15) is 0 Å². The van der Waals surface area contributed by atoms with Crippen molar-refractivity contribution in [1.29, 1.82) is 0 Å². The number of carboxylic acids is 1. The largest absolute Gasteiger partial charge is 0.475 e. The van der Waals surface area contributed by atoms with Crippen LogP contribution in [0.5, 0.6) is 0 Å². The molecule has 1 atom stereocenters. The summed E-state index contributed by atoms with van der Waals surface area (Å²) in [5.41, 5.74) is 0. The zero-order valence-corrected chi connectivity index (χ0v) is 12.3. The molecule has 20 heavy (non-hydrogen) atoms. The summed E-state index contributed by atoms with van der Waals surface area (Å²) in [7, 11) is 0. The van der Waals surface area contributed by atoms with Crippen LogP contribution in [0.2, 0.25) is 0 Å². The van der Waals surface area contributed by atoms with Gasteiger partial charge in [-0.2, -0.15) is 0 Å². The average Bonchev–Trinajstić information content (AvgIpc) is 2.81. The molecule has 0 saturated carbocycles. The molecule has 0 aliphatic carbocycles. The fourth-order valence-corrected chi connectivity index (χ4v) is 2.27. The lowest BCUT2D eigenvalue weighted by atomic mass is 10.0. The molecular formula is C13H17NO5S. The van der Waals surface area contributed by atoms with Crippen molar-refractivity contribution in [1.82, 2.24) is 5.32 Å². The molecule has 0 radical (unpaired) electrons. The van der Waals surface area contributed by atoms with Crippen LogP contribution in [0.1, 0.15) is 31.3 Å². The first-order valence-corrected chi connectivity index (χ1v) is 7.05. The second-order valence-electron chi connectivity index (χ2n) is 4.61. The minimum absolute atomic E-state index is 0.0173. The van der Waals surface area contributed by atoms with Crippen LogP contribution in [0.4, 0.5) is 0 Å². The van der Waals surface area contributed by atoms with Crippen molar-refractivity contribution in [3.05, 3.63) is 17.9 Å². The highest BCUT2D eigenvalue weighted by Gasteiger charge is 2.20. The van der Waals surface area contributed by atoms with Gasteiger partial charge in [-0.3, -0.25) is 9.59 Å². The highest BCUT2D eigenvalue weighted by atomic mass is 32.2. The molecule has 0 aliphatic heterocycles. The van der Waals surface area contributed by atoms with Gasteiger partial charge in [0.2, 0.25) is 11.7 Å². The summed E-state index contributed by atoms with van der Waals surface area (Å²) in [5.74, 6) is -1.64. The van der Waals surface area contributed by atoms with Crippen molar-refractivity contribution in [3.8, 4) is 0 Å². The number of carbonyl (C=O) groups is 3. The molecule has 2 N–H and O–H groups in total. The molecule has 1 amide bonds. The maximum Gasteiger partial charge on any atom is 0.371 e. The number of hydrogen-bond acceptors (Lipinski definition) is 5. The molecule has 0 aliphatic rings. The first kappa shape index (κ1) is 16.3. The molecule has 1 aromatic heterocycles. The van der Waals surface area contributed by atoms with Crippen LogP contribution in [0.3, 0.4) is 0 Å². The van der Waals surface area contributed by atoms with E-state index < -0.39 is 12.0 Å². The first-order valence-electron chi connectivity index (χ1n) is 6.07. The van der Waals surface area contributed by atoms with Gasteiger partial charge in [-0.05, 0) is 25.0 Å². The van der Waals surface area contributed by atoms with Crippen LogP contribution in [0.15, 0.2) is 21.6 Å². The molecular weight excluding hydrogens is 282 g/mol. The van der Waals surface area contributed by atoms with Gasteiger partial charge in [-0.1, -0.05) is 25.6 Å². The predicted molar refractivity (Wildman–Crippen MR) is 73.8 cm³/mol. The van der Waals surface area contributed by atoms with Gasteiger partial charge < -0.3 is 14.8 Å². The molecule has 1 aromatic rings. The van der Waals surface area contributed by atoms with Gasteiger partial charge in [0.05, 0.1) is 11.8 Å². The van der Waals surface area contributed by atoms with Crippen LogP contribution in [0, 0.1) is 5.92 Å². The molecule has 0 saturated heterocycles. The van der Waals surface area contributed by atoms with Crippen molar-refractivity contribution < 1.29 is 23.9 Å². The monoisotopic (exact) mass is 299 g/mol. The third kappa shape index (κ3) is 4.73. The van der Waals surface area contributed by atoms with Gasteiger partial charge >= 0.3 is 5.97 Å².